The Bertz CT molecular complexity index is 198. The van der Waals surface area contributed by atoms with Gasteiger partial charge >= 0.3 is 0 Å². The molecule has 1 aliphatic heterocycles. The van der Waals surface area contributed by atoms with Crippen molar-refractivity contribution in [3.63, 3.8) is 0 Å². The molecule has 0 aromatic heterocycles. The van der Waals surface area contributed by atoms with E-state index < -0.39 is 0 Å². The molecule has 3 unspecified atom stereocenters. The van der Waals surface area contributed by atoms with Crippen molar-refractivity contribution in [3.8, 4) is 0 Å². The Hall–Kier alpha value is -0.120. The molecular formula is C12H24N2O. The number of likely N-dealkylation sites (N-methyl/N-ethyl adjacent to an activating group) is 1. The van der Waals surface area contributed by atoms with E-state index in [9.17, 15) is 0 Å². The SMILES string of the molecule is CNC1CCCC1N1CCCOC(C)C1. The highest BCUT2D eigenvalue weighted by atomic mass is 16.5. The first kappa shape index (κ1) is 11.4. The number of hydrogen-bond acceptors (Lipinski definition) is 3. The monoisotopic (exact) mass is 212 g/mol. The van der Waals surface area contributed by atoms with Gasteiger partial charge in [0.15, 0.2) is 0 Å². The van der Waals surface area contributed by atoms with Gasteiger partial charge < -0.3 is 10.1 Å². The lowest BCUT2D eigenvalue weighted by molar-refractivity contribution is 0.0587. The fourth-order valence-corrected chi connectivity index (χ4v) is 3.04. The number of nitrogens with one attached hydrogen (secondary N) is 1. The zero-order valence-electron chi connectivity index (χ0n) is 10.0. The third kappa shape index (κ3) is 2.71. The number of rotatable bonds is 2. The molecule has 0 spiro atoms. The number of hydrogen-bond donors (Lipinski definition) is 1. The maximum atomic E-state index is 5.70. The van der Waals surface area contributed by atoms with Crippen LogP contribution in [0.2, 0.25) is 0 Å². The second-order valence-electron chi connectivity index (χ2n) is 4.92. The molecule has 0 bridgehead atoms. The summed E-state index contributed by atoms with van der Waals surface area (Å²) in [5, 5.41) is 3.46. The average Bonchev–Trinajstić information content (AvgIpc) is 2.61. The first-order chi connectivity index (χ1) is 7.31. The van der Waals surface area contributed by atoms with Gasteiger partial charge in [-0.3, -0.25) is 4.90 Å². The maximum absolute atomic E-state index is 5.70. The molecule has 15 heavy (non-hydrogen) atoms. The summed E-state index contributed by atoms with van der Waals surface area (Å²) in [6.45, 7) is 5.46. The first-order valence-corrected chi connectivity index (χ1v) is 6.34. The molecule has 3 nitrogen and oxygen atoms in total. The molecule has 0 aromatic rings. The van der Waals surface area contributed by atoms with Crippen molar-refractivity contribution in [1.29, 1.82) is 0 Å². The van der Waals surface area contributed by atoms with E-state index in [0.29, 0.717) is 12.1 Å². The minimum Gasteiger partial charge on any atom is -0.377 e. The lowest BCUT2D eigenvalue weighted by Gasteiger charge is -2.32. The van der Waals surface area contributed by atoms with E-state index in [0.717, 1.165) is 19.2 Å². The molecule has 0 aromatic carbocycles. The van der Waals surface area contributed by atoms with E-state index in [1.54, 1.807) is 0 Å². The third-order valence-electron chi connectivity index (χ3n) is 3.80. The highest BCUT2D eigenvalue weighted by Gasteiger charge is 2.32. The molecular weight excluding hydrogens is 188 g/mol. The number of ether oxygens (including phenoxy) is 1. The second kappa shape index (κ2) is 5.28. The molecule has 2 aliphatic rings. The standard InChI is InChI=1S/C12H24N2O/c1-10-9-14(7-4-8-15-10)12-6-3-5-11(12)13-2/h10-13H,3-9H2,1-2H3. The van der Waals surface area contributed by atoms with E-state index in [1.807, 2.05) is 0 Å². The summed E-state index contributed by atoms with van der Waals surface area (Å²) in [7, 11) is 2.10. The van der Waals surface area contributed by atoms with Crippen molar-refractivity contribution in [1.82, 2.24) is 10.2 Å². The Kier molecular flexibility index (Phi) is 4.00. The summed E-state index contributed by atoms with van der Waals surface area (Å²) in [6.07, 6.45) is 5.68. The van der Waals surface area contributed by atoms with Gasteiger partial charge in [0.2, 0.25) is 0 Å². The summed E-state index contributed by atoms with van der Waals surface area (Å²) in [5.74, 6) is 0. The van der Waals surface area contributed by atoms with Gasteiger partial charge in [0.05, 0.1) is 6.10 Å². The maximum Gasteiger partial charge on any atom is 0.0674 e. The summed E-state index contributed by atoms with van der Waals surface area (Å²) in [6, 6.07) is 1.45. The molecule has 1 aliphatic carbocycles. The van der Waals surface area contributed by atoms with Crippen LogP contribution in [-0.2, 0) is 4.74 Å². The molecule has 0 amide bonds. The normalized spacial score (nSPS) is 39.2. The van der Waals surface area contributed by atoms with Crippen molar-refractivity contribution >= 4 is 0 Å². The van der Waals surface area contributed by atoms with E-state index in [2.05, 4.69) is 24.2 Å². The number of nitrogens with zero attached hydrogens (tertiary/aromatic N) is 1. The van der Waals surface area contributed by atoms with Crippen molar-refractivity contribution in [2.24, 2.45) is 0 Å². The van der Waals surface area contributed by atoms with Crippen molar-refractivity contribution in [2.45, 2.75) is 50.8 Å². The van der Waals surface area contributed by atoms with Crippen LogP contribution < -0.4 is 5.32 Å². The predicted octanol–water partition coefficient (Wildman–Crippen LogP) is 1.24. The summed E-state index contributed by atoms with van der Waals surface area (Å²) in [5.41, 5.74) is 0. The largest absolute Gasteiger partial charge is 0.377 e. The van der Waals surface area contributed by atoms with Crippen LogP contribution in [0.25, 0.3) is 0 Å². The molecule has 2 rings (SSSR count). The molecule has 1 saturated carbocycles. The smallest absolute Gasteiger partial charge is 0.0674 e. The fraction of sp³-hybridized carbons (Fsp3) is 1.00. The molecule has 1 N–H and O–H groups in total. The third-order valence-corrected chi connectivity index (χ3v) is 3.80. The zero-order valence-corrected chi connectivity index (χ0v) is 10.0. The predicted molar refractivity (Wildman–Crippen MR) is 62.1 cm³/mol. The van der Waals surface area contributed by atoms with Crippen LogP contribution in [0.3, 0.4) is 0 Å². The molecule has 3 heteroatoms. The van der Waals surface area contributed by atoms with E-state index >= 15 is 0 Å². The van der Waals surface area contributed by atoms with Crippen LogP contribution in [-0.4, -0.2) is 49.8 Å². The van der Waals surface area contributed by atoms with Crippen LogP contribution in [0.15, 0.2) is 0 Å². The molecule has 1 saturated heterocycles. The van der Waals surface area contributed by atoms with Gasteiger partial charge in [-0.05, 0) is 33.2 Å². The molecule has 1 heterocycles. The minimum atomic E-state index is 0.408. The van der Waals surface area contributed by atoms with Crippen molar-refractivity contribution in [2.75, 3.05) is 26.7 Å². The minimum absolute atomic E-state index is 0.408. The van der Waals surface area contributed by atoms with E-state index in [1.165, 1.54) is 32.2 Å². The fourth-order valence-electron chi connectivity index (χ4n) is 3.04. The Labute approximate surface area is 93.2 Å². The van der Waals surface area contributed by atoms with Crippen LogP contribution in [0.1, 0.15) is 32.6 Å². The molecule has 88 valence electrons. The van der Waals surface area contributed by atoms with Gasteiger partial charge in [0, 0.05) is 31.8 Å². The highest BCUT2D eigenvalue weighted by molar-refractivity contribution is 4.90. The van der Waals surface area contributed by atoms with Gasteiger partial charge in [-0.1, -0.05) is 6.42 Å². The van der Waals surface area contributed by atoms with Crippen LogP contribution >= 0.6 is 0 Å². The van der Waals surface area contributed by atoms with Gasteiger partial charge in [-0.15, -0.1) is 0 Å². The Morgan fingerprint density at radius 2 is 2.13 bits per heavy atom. The lowest BCUT2D eigenvalue weighted by atomic mass is 10.1. The van der Waals surface area contributed by atoms with Crippen molar-refractivity contribution in [3.05, 3.63) is 0 Å². The van der Waals surface area contributed by atoms with E-state index in [-0.39, 0.29) is 0 Å². The highest BCUT2D eigenvalue weighted by Crippen LogP contribution is 2.25. The van der Waals surface area contributed by atoms with Gasteiger partial charge in [0.25, 0.3) is 0 Å². The molecule has 2 fully saturated rings. The van der Waals surface area contributed by atoms with Gasteiger partial charge in [-0.2, -0.15) is 0 Å². The molecule has 0 radical (unpaired) electrons. The van der Waals surface area contributed by atoms with Gasteiger partial charge in [-0.25, -0.2) is 0 Å². The average molecular weight is 212 g/mol. The van der Waals surface area contributed by atoms with Crippen LogP contribution in [0.5, 0.6) is 0 Å². The van der Waals surface area contributed by atoms with Crippen molar-refractivity contribution < 1.29 is 4.74 Å². The van der Waals surface area contributed by atoms with Crippen LogP contribution in [0.4, 0.5) is 0 Å². The Balaban J connectivity index is 1.95. The van der Waals surface area contributed by atoms with Gasteiger partial charge in [0.1, 0.15) is 0 Å². The Morgan fingerprint density at radius 1 is 1.27 bits per heavy atom. The lowest BCUT2D eigenvalue weighted by Crippen LogP contribution is -2.47. The molecule has 3 atom stereocenters. The summed E-state index contributed by atoms with van der Waals surface area (Å²) in [4.78, 5) is 2.64. The summed E-state index contributed by atoms with van der Waals surface area (Å²) < 4.78 is 5.70. The Morgan fingerprint density at radius 3 is 2.93 bits per heavy atom. The quantitative estimate of drug-likeness (QED) is 0.745. The topological polar surface area (TPSA) is 24.5 Å². The second-order valence-corrected chi connectivity index (χ2v) is 4.92. The van der Waals surface area contributed by atoms with E-state index in [4.69, 9.17) is 4.74 Å². The summed E-state index contributed by atoms with van der Waals surface area (Å²) >= 11 is 0. The zero-order chi connectivity index (χ0) is 10.7. The first-order valence-electron chi connectivity index (χ1n) is 6.34. The van der Waals surface area contributed by atoms with Crippen LogP contribution in [0, 0.1) is 0 Å².